The summed E-state index contributed by atoms with van der Waals surface area (Å²) in [5.41, 5.74) is 0. The number of hydrogen-bond donors (Lipinski definition) is 1. The Balaban J connectivity index is 4.24. The molecule has 0 aliphatic carbocycles. The van der Waals surface area contributed by atoms with Crippen LogP contribution in [0.4, 0.5) is 11.7 Å². The largest absolute Gasteiger partial charge is 0.244 e. The molecule has 0 bridgehead atoms. The molecule has 0 rings (SSSR count). The van der Waals surface area contributed by atoms with Crippen LogP contribution in [-0.2, 0) is 0 Å². The second kappa shape index (κ2) is 4.53. The first-order chi connectivity index (χ1) is 6.62. The van der Waals surface area contributed by atoms with Crippen molar-refractivity contribution in [1.82, 2.24) is 0 Å². The van der Waals surface area contributed by atoms with E-state index in [2.05, 4.69) is 0 Å². The zero-order valence-electron chi connectivity index (χ0n) is 9.78. The summed E-state index contributed by atoms with van der Waals surface area (Å²) in [5, 5.41) is 4.80. The molecule has 96 valence electrons. The van der Waals surface area contributed by atoms with Crippen molar-refractivity contribution in [2.75, 3.05) is 11.5 Å². The van der Waals surface area contributed by atoms with Crippen LogP contribution in [0.25, 0.3) is 0 Å². The summed E-state index contributed by atoms with van der Waals surface area (Å²) in [6.07, 6.45) is 3.19. The Morgan fingerprint density at radius 3 is 1.40 bits per heavy atom. The van der Waals surface area contributed by atoms with Crippen molar-refractivity contribution in [1.29, 1.82) is 0 Å². The lowest BCUT2D eigenvalue weighted by molar-refractivity contribution is 0.521. The predicted octanol–water partition coefficient (Wildman–Crippen LogP) is 4.77. The van der Waals surface area contributed by atoms with Gasteiger partial charge in [-0.2, -0.15) is 0 Å². The molecule has 0 aliphatic rings. The molecule has 2 N–H and O–H groups in total. The first kappa shape index (κ1) is 15.1. The molecule has 0 spiro atoms. The van der Waals surface area contributed by atoms with E-state index in [9.17, 15) is 11.7 Å². The lowest BCUT2D eigenvalue weighted by Crippen LogP contribution is -2.37. The highest BCUT2D eigenvalue weighted by molar-refractivity contribution is 8.51. The van der Waals surface area contributed by atoms with E-state index < -0.39 is 21.1 Å². The average molecular weight is 247 g/mol. The van der Waals surface area contributed by atoms with Crippen LogP contribution in [0.5, 0.6) is 0 Å². The standard InChI is InChI=1S/C10H24F3NS/c1-3-5-7-9-15(11,12,13,14)10-8-6-4-2/h3-10,14H2,1-2H3. The lowest BCUT2D eigenvalue weighted by Gasteiger charge is -2.54. The van der Waals surface area contributed by atoms with Gasteiger partial charge in [0.1, 0.15) is 0 Å². The molecule has 0 saturated carbocycles. The monoisotopic (exact) mass is 247 g/mol. The van der Waals surface area contributed by atoms with Crippen LogP contribution in [-0.4, -0.2) is 11.5 Å². The van der Waals surface area contributed by atoms with Gasteiger partial charge in [-0.3, -0.25) is 0 Å². The molecule has 0 atom stereocenters. The van der Waals surface area contributed by atoms with Gasteiger partial charge < -0.3 is 0 Å². The molecule has 15 heavy (non-hydrogen) atoms. The first-order valence-corrected chi connectivity index (χ1v) is 8.24. The van der Waals surface area contributed by atoms with Crippen LogP contribution >= 0.6 is 9.64 Å². The van der Waals surface area contributed by atoms with Gasteiger partial charge in [-0.05, 0) is 12.8 Å². The van der Waals surface area contributed by atoms with E-state index in [-0.39, 0.29) is 12.8 Å². The van der Waals surface area contributed by atoms with E-state index in [0.717, 1.165) is 12.8 Å². The fourth-order valence-corrected chi connectivity index (χ4v) is 3.51. The Labute approximate surface area is 90.9 Å². The molecule has 0 fully saturated rings. The van der Waals surface area contributed by atoms with Crippen LogP contribution in [0, 0.1) is 0 Å². The summed E-state index contributed by atoms with van der Waals surface area (Å²) in [6.45, 7) is 3.78. The number of rotatable bonds is 8. The molecular weight excluding hydrogens is 223 g/mol. The maximum absolute atomic E-state index is 13.7. The number of nitrogens with two attached hydrogens (primary N) is 1. The minimum absolute atomic E-state index is 0.185. The number of halogens is 3. The van der Waals surface area contributed by atoms with Crippen molar-refractivity contribution >= 4 is 9.64 Å². The van der Waals surface area contributed by atoms with Crippen LogP contribution in [0.1, 0.15) is 52.4 Å². The maximum atomic E-state index is 13.7. The van der Waals surface area contributed by atoms with Gasteiger partial charge in [-0.1, -0.05) is 39.5 Å². The van der Waals surface area contributed by atoms with Gasteiger partial charge >= 0.3 is 0 Å². The third-order valence-electron chi connectivity index (χ3n) is 2.48. The molecular formula is C10H24F3NS. The molecule has 0 aromatic carbocycles. The summed E-state index contributed by atoms with van der Waals surface area (Å²) in [7, 11) is -6.68. The van der Waals surface area contributed by atoms with E-state index in [1.54, 1.807) is 0 Å². The quantitative estimate of drug-likeness (QED) is 0.614. The van der Waals surface area contributed by atoms with Crippen LogP contribution in [0.15, 0.2) is 0 Å². The smallest absolute Gasteiger partial charge is 0.0911 e. The Kier molecular flexibility index (Phi) is 4.56. The topological polar surface area (TPSA) is 26.0 Å². The number of hydrogen-bond acceptors (Lipinski definition) is 1. The Morgan fingerprint density at radius 2 is 1.13 bits per heavy atom. The molecule has 0 saturated heterocycles. The minimum Gasteiger partial charge on any atom is -0.244 e. The molecule has 0 aromatic rings. The first-order valence-electron chi connectivity index (χ1n) is 5.69. The fraction of sp³-hybridized carbons (Fsp3) is 1.00. The summed E-state index contributed by atoms with van der Waals surface area (Å²) < 4.78 is 41.0. The summed E-state index contributed by atoms with van der Waals surface area (Å²) >= 11 is 0. The van der Waals surface area contributed by atoms with Crippen molar-refractivity contribution < 1.29 is 11.7 Å². The van der Waals surface area contributed by atoms with Gasteiger partial charge in [0.05, 0.1) is 9.64 Å². The lowest BCUT2D eigenvalue weighted by atomic mass is 10.3. The molecule has 0 heterocycles. The third kappa shape index (κ3) is 7.96. The summed E-state index contributed by atoms with van der Waals surface area (Å²) in [4.78, 5) is 0. The minimum atomic E-state index is -6.68. The molecule has 0 aromatic heterocycles. The van der Waals surface area contributed by atoms with Gasteiger partial charge in [0.15, 0.2) is 0 Å². The molecule has 0 radical (unpaired) electrons. The van der Waals surface area contributed by atoms with Gasteiger partial charge in [0.25, 0.3) is 0 Å². The summed E-state index contributed by atoms with van der Waals surface area (Å²) in [6, 6.07) is 0. The SMILES string of the molecule is CCCCCS(N)(F)(F)(F)CCCCC. The molecule has 0 aliphatic heterocycles. The average Bonchev–Trinajstić information content (AvgIpc) is 2.02. The normalized spacial score (nSPS) is 17.2. The second-order valence-corrected chi connectivity index (χ2v) is 8.54. The van der Waals surface area contributed by atoms with E-state index >= 15 is 0 Å². The van der Waals surface area contributed by atoms with Crippen LogP contribution in [0.3, 0.4) is 0 Å². The zero-order valence-corrected chi connectivity index (χ0v) is 10.6. The van der Waals surface area contributed by atoms with E-state index in [1.165, 1.54) is 0 Å². The fourth-order valence-electron chi connectivity index (χ4n) is 1.50. The molecule has 0 unspecified atom stereocenters. The van der Waals surface area contributed by atoms with Crippen LogP contribution in [0.2, 0.25) is 0 Å². The van der Waals surface area contributed by atoms with Crippen molar-refractivity contribution in [3.05, 3.63) is 0 Å². The van der Waals surface area contributed by atoms with E-state index in [0.29, 0.717) is 12.8 Å². The Bertz CT molecular complexity index is 181. The van der Waals surface area contributed by atoms with Gasteiger partial charge in [0.2, 0.25) is 0 Å². The maximum Gasteiger partial charge on any atom is 0.0911 e. The Morgan fingerprint density at radius 1 is 0.800 bits per heavy atom. The van der Waals surface area contributed by atoms with Crippen molar-refractivity contribution in [2.24, 2.45) is 5.14 Å². The van der Waals surface area contributed by atoms with Crippen molar-refractivity contribution in [3.8, 4) is 0 Å². The third-order valence-corrected chi connectivity index (χ3v) is 5.03. The zero-order chi connectivity index (χ0) is 12.1. The molecule has 1 nitrogen and oxygen atoms in total. The van der Waals surface area contributed by atoms with Gasteiger partial charge in [-0.15, -0.1) is 11.7 Å². The Hall–Kier alpha value is 0.100. The molecule has 0 amide bonds. The van der Waals surface area contributed by atoms with Crippen molar-refractivity contribution in [3.63, 3.8) is 0 Å². The highest BCUT2D eigenvalue weighted by Crippen LogP contribution is 2.88. The van der Waals surface area contributed by atoms with Crippen molar-refractivity contribution in [2.45, 2.75) is 52.4 Å². The highest BCUT2D eigenvalue weighted by atomic mass is 32.4. The van der Waals surface area contributed by atoms with Gasteiger partial charge in [0, 0.05) is 11.5 Å². The second-order valence-electron chi connectivity index (χ2n) is 4.46. The van der Waals surface area contributed by atoms with E-state index in [1.807, 2.05) is 13.8 Å². The summed E-state index contributed by atoms with van der Waals surface area (Å²) in [5.74, 6) is -1.50. The van der Waals surface area contributed by atoms with Gasteiger partial charge in [-0.25, -0.2) is 5.14 Å². The number of unbranched alkanes of at least 4 members (excludes halogenated alkanes) is 4. The molecule has 5 heteroatoms. The highest BCUT2D eigenvalue weighted by Gasteiger charge is 2.55. The van der Waals surface area contributed by atoms with E-state index in [4.69, 9.17) is 5.14 Å². The van der Waals surface area contributed by atoms with Crippen LogP contribution < -0.4 is 5.14 Å². The predicted molar refractivity (Wildman–Crippen MR) is 63.9 cm³/mol.